The van der Waals surface area contributed by atoms with Crippen molar-refractivity contribution >= 4 is 50.4 Å². The van der Waals surface area contributed by atoms with Crippen molar-refractivity contribution in [2.24, 2.45) is 0 Å². The minimum Gasteiger partial charge on any atom is -0.336 e. The van der Waals surface area contributed by atoms with Gasteiger partial charge in [-0.15, -0.1) is 11.3 Å². The topological polar surface area (TPSA) is 92.5 Å². The van der Waals surface area contributed by atoms with E-state index in [0.29, 0.717) is 5.69 Å². The minimum atomic E-state index is -4.11. The number of halogens is 1. The summed E-state index contributed by atoms with van der Waals surface area (Å²) in [5, 5.41) is 5.26. The molecular weight excluding hydrogens is 446 g/mol. The molecule has 1 amide bonds. The van der Waals surface area contributed by atoms with Crippen molar-refractivity contribution in [1.82, 2.24) is 5.16 Å². The predicted octanol–water partition coefficient (Wildman–Crippen LogP) is 5.01. The summed E-state index contributed by atoms with van der Waals surface area (Å²) in [6, 6.07) is 3.32. The van der Waals surface area contributed by atoms with E-state index in [1.54, 1.807) is 19.4 Å². The van der Waals surface area contributed by atoms with Gasteiger partial charge in [0.05, 0.1) is 0 Å². The van der Waals surface area contributed by atoms with E-state index in [1.807, 2.05) is 33.8 Å². The van der Waals surface area contributed by atoms with E-state index < -0.39 is 15.9 Å². The molecule has 0 saturated heterocycles. The lowest BCUT2D eigenvalue weighted by molar-refractivity contribution is 0.0994. The summed E-state index contributed by atoms with van der Waals surface area (Å²) in [5.41, 5.74) is 5.39. The molecule has 0 radical (unpaired) electrons. The number of amides is 1. The van der Waals surface area contributed by atoms with Crippen molar-refractivity contribution in [3.63, 3.8) is 0 Å². The van der Waals surface area contributed by atoms with Gasteiger partial charge in [-0.3, -0.25) is 4.79 Å². The van der Waals surface area contributed by atoms with Crippen LogP contribution in [0.2, 0.25) is 5.02 Å². The second-order valence-corrected chi connectivity index (χ2v) is 10.0. The summed E-state index contributed by atoms with van der Waals surface area (Å²) in [4.78, 5) is 14.7. The van der Waals surface area contributed by atoms with E-state index in [0.717, 1.165) is 33.7 Å². The molecular formula is C20H22ClN3O4S2. The number of nitrogens with zero attached hydrogens (tertiary/aromatic N) is 2. The van der Waals surface area contributed by atoms with Gasteiger partial charge in [-0.25, -0.2) is 13.1 Å². The highest BCUT2D eigenvalue weighted by Crippen LogP contribution is 2.33. The smallest absolute Gasteiger partial charge is 0.269 e. The number of sulfonamides is 1. The molecule has 0 aliphatic rings. The Morgan fingerprint density at radius 3 is 2.43 bits per heavy atom. The van der Waals surface area contributed by atoms with Crippen molar-refractivity contribution in [2.75, 3.05) is 16.7 Å². The van der Waals surface area contributed by atoms with E-state index in [9.17, 15) is 13.2 Å². The standard InChI is InChI=1S/C20H22ClN3O4S2/c1-10-9-15(13(4)12(3)11(10)2)24(6)20(25)18-16(7-8-29-18)30(26,27)23-19-17(21)14(5)22-28-19/h7-9,23H,1-6H3. The molecule has 1 aromatic carbocycles. The Hall–Kier alpha value is -2.36. The van der Waals surface area contributed by atoms with Crippen molar-refractivity contribution in [3.05, 3.63) is 55.4 Å². The van der Waals surface area contributed by atoms with Crippen LogP contribution in [0, 0.1) is 34.6 Å². The molecule has 3 aromatic rings. The summed E-state index contributed by atoms with van der Waals surface area (Å²) in [6.45, 7) is 9.56. The average Bonchev–Trinajstić information content (AvgIpc) is 3.31. The van der Waals surface area contributed by atoms with Crippen LogP contribution in [0.15, 0.2) is 26.9 Å². The third kappa shape index (κ3) is 3.84. The summed E-state index contributed by atoms with van der Waals surface area (Å²) in [7, 11) is -2.47. The number of hydrogen-bond donors (Lipinski definition) is 1. The molecule has 0 spiro atoms. The normalized spacial score (nSPS) is 11.6. The van der Waals surface area contributed by atoms with Gasteiger partial charge in [0.15, 0.2) is 0 Å². The summed E-state index contributed by atoms with van der Waals surface area (Å²) >= 11 is 7.07. The zero-order valence-electron chi connectivity index (χ0n) is 17.5. The van der Waals surface area contributed by atoms with Crippen LogP contribution in [-0.4, -0.2) is 26.5 Å². The van der Waals surface area contributed by atoms with E-state index in [-0.39, 0.29) is 20.7 Å². The van der Waals surface area contributed by atoms with Gasteiger partial charge >= 0.3 is 0 Å². The van der Waals surface area contributed by atoms with Crippen LogP contribution in [0.1, 0.15) is 37.6 Å². The van der Waals surface area contributed by atoms with Crippen LogP contribution in [0.3, 0.4) is 0 Å². The number of carbonyl (C=O) groups excluding carboxylic acids is 1. The first kappa shape index (κ1) is 22.3. The summed E-state index contributed by atoms with van der Waals surface area (Å²) in [6.07, 6.45) is 0. The second kappa shape index (κ2) is 8.05. The van der Waals surface area contributed by atoms with Crippen LogP contribution in [0.25, 0.3) is 0 Å². The van der Waals surface area contributed by atoms with Gasteiger partial charge in [-0.2, -0.15) is 0 Å². The molecule has 0 aliphatic heterocycles. The fourth-order valence-corrected chi connectivity index (χ4v) is 5.63. The molecule has 30 heavy (non-hydrogen) atoms. The molecule has 10 heteroatoms. The van der Waals surface area contributed by atoms with E-state index in [1.165, 1.54) is 16.5 Å². The Kier molecular flexibility index (Phi) is 5.99. The number of rotatable bonds is 5. The number of hydrogen-bond acceptors (Lipinski definition) is 6. The van der Waals surface area contributed by atoms with E-state index in [4.69, 9.17) is 16.1 Å². The first-order valence-electron chi connectivity index (χ1n) is 9.03. The number of carbonyl (C=O) groups is 1. The largest absolute Gasteiger partial charge is 0.336 e. The first-order valence-corrected chi connectivity index (χ1v) is 11.8. The first-order chi connectivity index (χ1) is 14.0. The lowest BCUT2D eigenvalue weighted by Gasteiger charge is -2.23. The molecule has 2 aromatic heterocycles. The number of thiophene rings is 1. The van der Waals surface area contributed by atoms with Crippen LogP contribution in [0.4, 0.5) is 11.6 Å². The minimum absolute atomic E-state index is 0.0695. The van der Waals surface area contributed by atoms with Gasteiger partial charge < -0.3 is 9.42 Å². The maximum atomic E-state index is 13.2. The fourth-order valence-electron chi connectivity index (χ4n) is 3.06. The van der Waals surface area contributed by atoms with Gasteiger partial charge in [0, 0.05) is 12.7 Å². The van der Waals surface area contributed by atoms with Crippen LogP contribution in [0.5, 0.6) is 0 Å². The molecule has 0 aliphatic carbocycles. The lowest BCUT2D eigenvalue weighted by atomic mass is 9.97. The monoisotopic (exact) mass is 467 g/mol. The fraction of sp³-hybridized carbons (Fsp3) is 0.300. The Bertz CT molecular complexity index is 1250. The highest BCUT2D eigenvalue weighted by molar-refractivity contribution is 7.93. The van der Waals surface area contributed by atoms with Gasteiger partial charge in [0.25, 0.3) is 21.8 Å². The quantitative estimate of drug-likeness (QED) is 0.569. The molecule has 3 rings (SSSR count). The van der Waals surface area contributed by atoms with Crippen molar-refractivity contribution in [3.8, 4) is 0 Å². The molecule has 2 heterocycles. The van der Waals surface area contributed by atoms with Gasteiger partial charge in [-0.05, 0) is 74.4 Å². The highest BCUT2D eigenvalue weighted by atomic mass is 35.5. The van der Waals surface area contributed by atoms with Gasteiger partial charge in [0.2, 0.25) is 0 Å². The number of nitrogens with one attached hydrogen (secondary N) is 1. The Labute approximate surface area is 184 Å². The highest BCUT2D eigenvalue weighted by Gasteiger charge is 2.29. The molecule has 0 atom stereocenters. The predicted molar refractivity (Wildman–Crippen MR) is 120 cm³/mol. The van der Waals surface area contributed by atoms with Gasteiger partial charge in [0.1, 0.15) is 20.5 Å². The molecule has 7 nitrogen and oxygen atoms in total. The van der Waals surface area contributed by atoms with Crippen LogP contribution >= 0.6 is 22.9 Å². The third-order valence-electron chi connectivity index (χ3n) is 5.25. The molecule has 160 valence electrons. The zero-order chi connectivity index (χ0) is 22.4. The zero-order valence-corrected chi connectivity index (χ0v) is 19.8. The summed E-state index contributed by atoms with van der Waals surface area (Å²) < 4.78 is 33.0. The number of benzene rings is 1. The van der Waals surface area contributed by atoms with Crippen molar-refractivity contribution in [2.45, 2.75) is 39.5 Å². The van der Waals surface area contributed by atoms with Gasteiger partial charge in [-0.1, -0.05) is 16.8 Å². The number of anilines is 2. The average molecular weight is 468 g/mol. The SMILES string of the molecule is Cc1cc(N(C)C(=O)c2sccc2S(=O)(=O)Nc2onc(C)c2Cl)c(C)c(C)c1C. The molecule has 0 bridgehead atoms. The lowest BCUT2D eigenvalue weighted by Crippen LogP contribution is -2.28. The Morgan fingerprint density at radius 1 is 1.17 bits per heavy atom. The molecule has 1 N–H and O–H groups in total. The number of aryl methyl sites for hydroxylation is 2. The Balaban J connectivity index is 1.98. The molecule has 0 saturated carbocycles. The Morgan fingerprint density at radius 2 is 1.83 bits per heavy atom. The maximum absolute atomic E-state index is 13.2. The third-order valence-corrected chi connectivity index (χ3v) is 8.10. The number of aromatic nitrogens is 1. The summed E-state index contributed by atoms with van der Waals surface area (Å²) in [5.74, 6) is -0.608. The second-order valence-electron chi connectivity index (χ2n) is 7.08. The molecule has 0 fully saturated rings. The molecule has 0 unspecified atom stereocenters. The van der Waals surface area contributed by atoms with Crippen molar-refractivity contribution < 1.29 is 17.7 Å². The van der Waals surface area contributed by atoms with Crippen molar-refractivity contribution in [1.29, 1.82) is 0 Å². The van der Waals surface area contributed by atoms with Crippen LogP contribution in [-0.2, 0) is 10.0 Å². The van der Waals surface area contributed by atoms with E-state index in [2.05, 4.69) is 9.88 Å². The maximum Gasteiger partial charge on any atom is 0.269 e. The van der Waals surface area contributed by atoms with Crippen LogP contribution < -0.4 is 9.62 Å². The van der Waals surface area contributed by atoms with E-state index >= 15 is 0 Å².